The van der Waals surface area contributed by atoms with Gasteiger partial charge in [-0.1, -0.05) is 12.1 Å². The number of rotatable bonds is 3. The van der Waals surface area contributed by atoms with Gasteiger partial charge in [0.2, 0.25) is 0 Å². The van der Waals surface area contributed by atoms with Crippen LogP contribution in [-0.4, -0.2) is 10.8 Å². The molecule has 0 fully saturated rings. The Labute approximate surface area is 128 Å². The van der Waals surface area contributed by atoms with Crippen molar-refractivity contribution in [2.24, 2.45) is 0 Å². The van der Waals surface area contributed by atoms with Crippen LogP contribution in [0.2, 0.25) is 0 Å². The van der Waals surface area contributed by atoms with Crippen molar-refractivity contribution in [3.63, 3.8) is 0 Å². The maximum absolute atomic E-state index is 13.7. The number of nitrogens with one attached hydrogen (secondary N) is 1. The summed E-state index contributed by atoms with van der Waals surface area (Å²) in [5.41, 5.74) is 0.443. The van der Waals surface area contributed by atoms with Crippen molar-refractivity contribution < 1.29 is 14.1 Å². The maximum atomic E-state index is 13.7. The first-order chi connectivity index (χ1) is 9.90. The van der Waals surface area contributed by atoms with Crippen molar-refractivity contribution in [2.45, 2.75) is 6.92 Å². The molecule has 2 rings (SSSR count). The highest BCUT2D eigenvalue weighted by molar-refractivity contribution is 9.10. The largest absolute Gasteiger partial charge is 0.322 e. The predicted octanol–water partition coefficient (Wildman–Crippen LogP) is 4.06. The first-order valence-electron chi connectivity index (χ1n) is 5.90. The van der Waals surface area contributed by atoms with Gasteiger partial charge in [-0.05, 0) is 41.1 Å². The SMILES string of the molecule is Cc1ccc(NC(=O)c2c(F)cccc2Br)cc1[N+](=O)[O-]. The van der Waals surface area contributed by atoms with Gasteiger partial charge in [0.15, 0.2) is 0 Å². The van der Waals surface area contributed by atoms with Crippen LogP contribution in [0.3, 0.4) is 0 Å². The average Bonchev–Trinajstić information content (AvgIpc) is 2.40. The lowest BCUT2D eigenvalue weighted by atomic mass is 10.1. The van der Waals surface area contributed by atoms with Gasteiger partial charge in [-0.3, -0.25) is 14.9 Å². The molecule has 0 saturated heterocycles. The molecule has 0 unspecified atom stereocenters. The summed E-state index contributed by atoms with van der Waals surface area (Å²) in [5, 5.41) is 13.3. The van der Waals surface area contributed by atoms with E-state index in [4.69, 9.17) is 0 Å². The third kappa shape index (κ3) is 3.25. The summed E-state index contributed by atoms with van der Waals surface area (Å²) < 4.78 is 14.0. The fourth-order valence-corrected chi connectivity index (χ4v) is 2.31. The molecule has 0 aliphatic rings. The molecule has 0 atom stereocenters. The Balaban J connectivity index is 2.32. The molecule has 1 N–H and O–H groups in total. The predicted molar refractivity (Wildman–Crippen MR) is 79.9 cm³/mol. The molecule has 0 bridgehead atoms. The Kier molecular flexibility index (Phi) is 4.32. The zero-order chi connectivity index (χ0) is 15.6. The van der Waals surface area contributed by atoms with Crippen LogP contribution in [0.1, 0.15) is 15.9 Å². The lowest BCUT2D eigenvalue weighted by Gasteiger charge is -2.08. The highest BCUT2D eigenvalue weighted by Crippen LogP contribution is 2.24. The van der Waals surface area contributed by atoms with Gasteiger partial charge in [0.25, 0.3) is 11.6 Å². The Morgan fingerprint density at radius 3 is 2.67 bits per heavy atom. The molecule has 0 heterocycles. The Morgan fingerprint density at radius 1 is 1.33 bits per heavy atom. The molecular weight excluding hydrogens is 343 g/mol. The molecule has 0 saturated carbocycles. The standard InChI is InChI=1S/C14H10BrFN2O3/c1-8-5-6-9(7-12(8)18(20)21)17-14(19)13-10(15)3-2-4-11(13)16/h2-7H,1H3,(H,17,19). The van der Waals surface area contributed by atoms with Crippen LogP contribution in [0.4, 0.5) is 15.8 Å². The van der Waals surface area contributed by atoms with Crippen LogP contribution in [0.25, 0.3) is 0 Å². The van der Waals surface area contributed by atoms with Crippen molar-refractivity contribution in [1.82, 2.24) is 0 Å². The summed E-state index contributed by atoms with van der Waals surface area (Å²) in [6, 6.07) is 8.45. The van der Waals surface area contributed by atoms with Crippen LogP contribution in [0.15, 0.2) is 40.9 Å². The maximum Gasteiger partial charge on any atom is 0.274 e. The van der Waals surface area contributed by atoms with E-state index in [0.29, 0.717) is 10.0 Å². The van der Waals surface area contributed by atoms with E-state index in [-0.39, 0.29) is 16.9 Å². The fraction of sp³-hybridized carbons (Fsp3) is 0.0714. The van der Waals surface area contributed by atoms with Crippen LogP contribution >= 0.6 is 15.9 Å². The van der Waals surface area contributed by atoms with Crippen molar-refractivity contribution in [1.29, 1.82) is 0 Å². The minimum Gasteiger partial charge on any atom is -0.322 e. The molecule has 2 aromatic carbocycles. The molecule has 5 nitrogen and oxygen atoms in total. The number of hydrogen-bond donors (Lipinski definition) is 1. The summed E-state index contributed by atoms with van der Waals surface area (Å²) in [6.07, 6.45) is 0. The van der Waals surface area contributed by atoms with Gasteiger partial charge in [-0.2, -0.15) is 0 Å². The van der Waals surface area contributed by atoms with E-state index in [2.05, 4.69) is 21.2 Å². The number of anilines is 1. The summed E-state index contributed by atoms with van der Waals surface area (Å²) in [7, 11) is 0. The second kappa shape index (κ2) is 6.01. The third-order valence-corrected chi connectivity index (χ3v) is 3.51. The first kappa shape index (κ1) is 15.1. The van der Waals surface area contributed by atoms with Gasteiger partial charge in [0.1, 0.15) is 5.82 Å². The molecule has 108 valence electrons. The number of hydrogen-bond acceptors (Lipinski definition) is 3. The van der Waals surface area contributed by atoms with Crippen LogP contribution in [0.5, 0.6) is 0 Å². The molecule has 2 aromatic rings. The highest BCUT2D eigenvalue weighted by Gasteiger charge is 2.17. The number of carbonyl (C=O) groups is 1. The Hall–Kier alpha value is -2.28. The van der Waals surface area contributed by atoms with Gasteiger partial charge >= 0.3 is 0 Å². The van der Waals surface area contributed by atoms with Gasteiger partial charge in [0, 0.05) is 21.8 Å². The minimum atomic E-state index is -0.682. The van der Waals surface area contributed by atoms with E-state index < -0.39 is 16.6 Å². The Morgan fingerprint density at radius 2 is 2.05 bits per heavy atom. The van der Waals surface area contributed by atoms with E-state index in [0.717, 1.165) is 6.07 Å². The van der Waals surface area contributed by atoms with E-state index in [1.54, 1.807) is 6.92 Å². The smallest absolute Gasteiger partial charge is 0.274 e. The molecule has 0 radical (unpaired) electrons. The minimum absolute atomic E-state index is 0.111. The summed E-state index contributed by atoms with van der Waals surface area (Å²) in [5.74, 6) is -1.36. The third-order valence-electron chi connectivity index (χ3n) is 2.85. The number of nitro groups is 1. The number of nitrogens with zero attached hydrogens (tertiary/aromatic N) is 1. The van der Waals surface area contributed by atoms with Crippen molar-refractivity contribution in [2.75, 3.05) is 5.32 Å². The van der Waals surface area contributed by atoms with Gasteiger partial charge in [-0.25, -0.2) is 4.39 Å². The number of carbonyl (C=O) groups excluding carboxylic acids is 1. The normalized spacial score (nSPS) is 10.2. The fourth-order valence-electron chi connectivity index (χ4n) is 1.79. The number of aryl methyl sites for hydroxylation is 1. The van der Waals surface area contributed by atoms with Crippen molar-refractivity contribution >= 4 is 33.2 Å². The molecule has 0 spiro atoms. The number of benzene rings is 2. The number of halogens is 2. The van der Waals surface area contributed by atoms with E-state index in [1.807, 2.05) is 0 Å². The summed E-state index contributed by atoms with van der Waals surface area (Å²) in [4.78, 5) is 22.4. The van der Waals surface area contributed by atoms with E-state index in [9.17, 15) is 19.3 Å². The Bertz CT molecular complexity index is 714. The summed E-state index contributed by atoms with van der Waals surface area (Å²) in [6.45, 7) is 1.59. The van der Waals surface area contributed by atoms with Crippen LogP contribution in [0, 0.1) is 22.9 Å². The van der Waals surface area contributed by atoms with Crippen LogP contribution in [-0.2, 0) is 0 Å². The molecule has 7 heteroatoms. The number of amides is 1. The second-order valence-corrected chi connectivity index (χ2v) is 5.16. The van der Waals surface area contributed by atoms with Gasteiger partial charge in [0.05, 0.1) is 10.5 Å². The highest BCUT2D eigenvalue weighted by atomic mass is 79.9. The van der Waals surface area contributed by atoms with Crippen molar-refractivity contribution in [3.05, 3.63) is 67.9 Å². The molecular formula is C14H10BrFN2O3. The van der Waals surface area contributed by atoms with Crippen LogP contribution < -0.4 is 5.32 Å². The summed E-state index contributed by atoms with van der Waals surface area (Å²) >= 11 is 3.10. The van der Waals surface area contributed by atoms with E-state index >= 15 is 0 Å². The molecule has 1 amide bonds. The monoisotopic (exact) mass is 352 g/mol. The quantitative estimate of drug-likeness (QED) is 0.668. The molecule has 21 heavy (non-hydrogen) atoms. The molecule has 0 aliphatic heterocycles. The lowest BCUT2D eigenvalue weighted by molar-refractivity contribution is -0.385. The zero-order valence-corrected chi connectivity index (χ0v) is 12.5. The van der Waals surface area contributed by atoms with Crippen molar-refractivity contribution in [3.8, 4) is 0 Å². The second-order valence-electron chi connectivity index (χ2n) is 4.31. The molecule has 0 aromatic heterocycles. The number of nitro benzene ring substituents is 1. The first-order valence-corrected chi connectivity index (χ1v) is 6.70. The average molecular weight is 353 g/mol. The topological polar surface area (TPSA) is 72.2 Å². The zero-order valence-electron chi connectivity index (χ0n) is 10.9. The lowest BCUT2D eigenvalue weighted by Crippen LogP contribution is -2.14. The molecule has 0 aliphatic carbocycles. The van der Waals surface area contributed by atoms with Gasteiger partial charge < -0.3 is 5.32 Å². The van der Waals surface area contributed by atoms with Gasteiger partial charge in [-0.15, -0.1) is 0 Å². The van der Waals surface area contributed by atoms with E-state index in [1.165, 1.54) is 30.3 Å².